The molecule has 0 saturated carbocycles. The summed E-state index contributed by atoms with van der Waals surface area (Å²) in [6.07, 6.45) is 0.404. The summed E-state index contributed by atoms with van der Waals surface area (Å²) >= 11 is 7.36. The minimum absolute atomic E-state index is 0.0644. The average Bonchev–Trinajstić information content (AvgIpc) is 3.02. The van der Waals surface area contributed by atoms with Gasteiger partial charge in [-0.1, -0.05) is 30.7 Å². The van der Waals surface area contributed by atoms with Gasteiger partial charge in [-0.3, -0.25) is 9.59 Å². The zero-order chi connectivity index (χ0) is 20.3. The highest BCUT2D eigenvalue weighted by atomic mass is 35.5. The molecule has 144 valence electrons. The average molecular weight is 418 g/mol. The summed E-state index contributed by atoms with van der Waals surface area (Å²) in [6, 6.07) is 11.3. The van der Waals surface area contributed by atoms with E-state index >= 15 is 0 Å². The summed E-state index contributed by atoms with van der Waals surface area (Å²) < 4.78 is 14.0. The summed E-state index contributed by atoms with van der Waals surface area (Å²) in [5.41, 5.74) is 4.55. The molecule has 8 heteroatoms. The first kappa shape index (κ1) is 20.0. The van der Waals surface area contributed by atoms with Crippen molar-refractivity contribution in [1.29, 1.82) is 0 Å². The molecular weight excluding hydrogens is 401 g/mol. The van der Waals surface area contributed by atoms with Crippen LogP contribution in [-0.2, 0) is 4.79 Å². The fourth-order valence-electron chi connectivity index (χ4n) is 2.48. The fraction of sp³-hybridized carbons (Fsp3) is 0.150. The lowest BCUT2D eigenvalue weighted by atomic mass is 10.1. The number of benzene rings is 2. The van der Waals surface area contributed by atoms with Crippen LogP contribution in [0.5, 0.6) is 0 Å². The SMILES string of the molecule is CCC(=O)Nc1ccc(C(C)=NNC(=O)c2sc3cc(F)ccc3c2Cl)cc1. The molecule has 0 radical (unpaired) electrons. The third-order valence-corrected chi connectivity index (χ3v) is 5.69. The van der Waals surface area contributed by atoms with Gasteiger partial charge in [0, 0.05) is 22.2 Å². The van der Waals surface area contributed by atoms with Crippen molar-refractivity contribution in [2.24, 2.45) is 5.10 Å². The Morgan fingerprint density at radius 3 is 2.57 bits per heavy atom. The van der Waals surface area contributed by atoms with Gasteiger partial charge in [0.25, 0.3) is 5.91 Å². The smallest absolute Gasteiger partial charge is 0.283 e. The number of amides is 2. The van der Waals surface area contributed by atoms with Crippen LogP contribution in [0.3, 0.4) is 0 Å². The highest BCUT2D eigenvalue weighted by Crippen LogP contribution is 2.35. The van der Waals surface area contributed by atoms with Crippen molar-refractivity contribution in [1.82, 2.24) is 5.43 Å². The van der Waals surface area contributed by atoms with Crippen molar-refractivity contribution >= 4 is 56.2 Å². The Balaban J connectivity index is 1.73. The number of fused-ring (bicyclic) bond motifs is 1. The molecule has 0 unspecified atom stereocenters. The summed E-state index contributed by atoms with van der Waals surface area (Å²) in [7, 11) is 0. The molecule has 28 heavy (non-hydrogen) atoms. The van der Waals surface area contributed by atoms with Crippen LogP contribution >= 0.6 is 22.9 Å². The molecule has 0 aliphatic carbocycles. The quantitative estimate of drug-likeness (QED) is 0.442. The molecule has 1 aromatic heterocycles. The molecule has 1 heterocycles. The summed E-state index contributed by atoms with van der Waals surface area (Å²) in [5.74, 6) is -0.909. The molecule has 3 rings (SSSR count). The number of carbonyl (C=O) groups excluding carboxylic acids is 2. The van der Waals surface area contributed by atoms with Crippen LogP contribution < -0.4 is 10.7 Å². The number of nitrogens with zero attached hydrogens (tertiary/aromatic N) is 1. The Labute approximate surface area is 170 Å². The van der Waals surface area contributed by atoms with Crippen molar-refractivity contribution in [3.63, 3.8) is 0 Å². The van der Waals surface area contributed by atoms with E-state index in [9.17, 15) is 14.0 Å². The number of carbonyl (C=O) groups is 2. The maximum absolute atomic E-state index is 13.4. The first-order valence-corrected chi connectivity index (χ1v) is 9.71. The summed E-state index contributed by atoms with van der Waals surface area (Å²) in [6.45, 7) is 3.53. The number of hydrogen-bond acceptors (Lipinski definition) is 4. The topological polar surface area (TPSA) is 70.6 Å². The van der Waals surface area contributed by atoms with E-state index in [-0.39, 0.29) is 21.6 Å². The van der Waals surface area contributed by atoms with Crippen LogP contribution in [0.1, 0.15) is 35.5 Å². The minimum atomic E-state index is -0.460. The molecule has 0 aliphatic rings. The molecule has 2 aromatic carbocycles. The van der Waals surface area contributed by atoms with E-state index in [1.165, 1.54) is 12.1 Å². The molecule has 0 aliphatic heterocycles. The highest BCUT2D eigenvalue weighted by Gasteiger charge is 2.17. The lowest BCUT2D eigenvalue weighted by Crippen LogP contribution is -2.18. The first-order chi connectivity index (χ1) is 13.4. The van der Waals surface area contributed by atoms with Gasteiger partial charge in [0.15, 0.2) is 0 Å². The van der Waals surface area contributed by atoms with E-state index in [4.69, 9.17) is 11.6 Å². The predicted molar refractivity (Wildman–Crippen MR) is 112 cm³/mol. The molecule has 2 amide bonds. The molecule has 0 spiro atoms. The number of thiophene rings is 1. The van der Waals surface area contributed by atoms with Crippen molar-refractivity contribution in [2.45, 2.75) is 20.3 Å². The van der Waals surface area contributed by atoms with Gasteiger partial charge in [0.2, 0.25) is 5.91 Å². The molecule has 0 saturated heterocycles. The van der Waals surface area contributed by atoms with Gasteiger partial charge in [-0.2, -0.15) is 5.10 Å². The van der Waals surface area contributed by atoms with Gasteiger partial charge in [0.05, 0.1) is 10.7 Å². The monoisotopic (exact) mass is 417 g/mol. The number of hydrazone groups is 1. The van der Waals surface area contributed by atoms with E-state index < -0.39 is 5.91 Å². The van der Waals surface area contributed by atoms with Crippen LogP contribution in [-0.4, -0.2) is 17.5 Å². The second kappa shape index (κ2) is 8.50. The Hall–Kier alpha value is -2.77. The lowest BCUT2D eigenvalue weighted by Gasteiger charge is -2.06. The third-order valence-electron chi connectivity index (χ3n) is 4.03. The second-order valence-corrected chi connectivity index (χ2v) is 7.43. The van der Waals surface area contributed by atoms with Crippen molar-refractivity contribution in [3.05, 3.63) is 63.7 Å². The van der Waals surface area contributed by atoms with Crippen molar-refractivity contribution in [3.8, 4) is 0 Å². The van der Waals surface area contributed by atoms with Crippen LogP contribution in [0.2, 0.25) is 5.02 Å². The maximum Gasteiger partial charge on any atom is 0.283 e. The Bertz CT molecular complexity index is 1080. The second-order valence-electron chi connectivity index (χ2n) is 6.00. The van der Waals surface area contributed by atoms with E-state index in [1.807, 2.05) is 0 Å². The zero-order valence-corrected chi connectivity index (χ0v) is 16.7. The number of hydrogen-bond donors (Lipinski definition) is 2. The molecule has 5 nitrogen and oxygen atoms in total. The molecule has 2 N–H and O–H groups in total. The summed E-state index contributed by atoms with van der Waals surface area (Å²) in [5, 5.41) is 7.78. The van der Waals surface area contributed by atoms with Gasteiger partial charge < -0.3 is 5.32 Å². The van der Waals surface area contributed by atoms with Crippen LogP contribution in [0.25, 0.3) is 10.1 Å². The molecule has 3 aromatic rings. The standard InChI is InChI=1S/C20H17ClFN3O2S/c1-3-17(26)23-14-7-4-12(5-8-14)11(2)24-25-20(27)19-18(21)15-9-6-13(22)10-16(15)28-19/h4-10H,3H2,1-2H3,(H,23,26)(H,25,27). The van der Waals surface area contributed by atoms with Crippen LogP contribution in [0.15, 0.2) is 47.6 Å². The number of rotatable bonds is 5. The number of anilines is 1. The zero-order valence-electron chi connectivity index (χ0n) is 15.2. The summed E-state index contributed by atoms with van der Waals surface area (Å²) in [4.78, 5) is 24.1. The largest absolute Gasteiger partial charge is 0.326 e. The number of halogens is 2. The van der Waals surface area contributed by atoms with E-state index in [0.29, 0.717) is 27.9 Å². The number of nitrogens with one attached hydrogen (secondary N) is 2. The molecular formula is C20H17ClFN3O2S. The van der Waals surface area contributed by atoms with E-state index in [0.717, 1.165) is 16.9 Å². The third kappa shape index (κ3) is 4.37. The Morgan fingerprint density at radius 1 is 1.18 bits per heavy atom. The highest BCUT2D eigenvalue weighted by molar-refractivity contribution is 7.21. The predicted octanol–water partition coefficient (Wildman–Crippen LogP) is 5.20. The normalized spacial score (nSPS) is 11.5. The molecule has 0 bridgehead atoms. The van der Waals surface area contributed by atoms with Gasteiger partial charge in [-0.05, 0) is 42.8 Å². The fourth-order valence-corrected chi connectivity index (χ4v) is 3.91. The lowest BCUT2D eigenvalue weighted by molar-refractivity contribution is -0.115. The van der Waals surface area contributed by atoms with E-state index in [1.54, 1.807) is 44.2 Å². The van der Waals surface area contributed by atoms with Crippen LogP contribution in [0.4, 0.5) is 10.1 Å². The van der Waals surface area contributed by atoms with Gasteiger partial charge in [0.1, 0.15) is 10.7 Å². The molecule has 0 atom stereocenters. The van der Waals surface area contributed by atoms with Crippen molar-refractivity contribution < 1.29 is 14.0 Å². The minimum Gasteiger partial charge on any atom is -0.326 e. The van der Waals surface area contributed by atoms with E-state index in [2.05, 4.69) is 15.8 Å². The van der Waals surface area contributed by atoms with Gasteiger partial charge in [-0.25, -0.2) is 9.82 Å². The van der Waals surface area contributed by atoms with Crippen LogP contribution in [0, 0.1) is 5.82 Å². The van der Waals surface area contributed by atoms with Crippen molar-refractivity contribution in [2.75, 3.05) is 5.32 Å². The Morgan fingerprint density at radius 2 is 1.89 bits per heavy atom. The van der Waals surface area contributed by atoms with Gasteiger partial charge >= 0.3 is 0 Å². The van der Waals surface area contributed by atoms with Gasteiger partial charge in [-0.15, -0.1) is 11.3 Å². The first-order valence-electron chi connectivity index (χ1n) is 8.51. The Kier molecular flexibility index (Phi) is 6.06. The molecule has 0 fully saturated rings. The maximum atomic E-state index is 13.4.